The number of sulfonamides is 1. The lowest BCUT2D eigenvalue weighted by Gasteiger charge is -2.12. The SMILES string of the molecule is CS(=O)(=O)/N=C(/Nc1ccccc1)Nc1cccc(F)c1. The summed E-state index contributed by atoms with van der Waals surface area (Å²) in [4.78, 5) is 0. The monoisotopic (exact) mass is 307 g/mol. The number of para-hydroxylation sites is 1. The van der Waals surface area contributed by atoms with E-state index >= 15 is 0 Å². The van der Waals surface area contributed by atoms with Gasteiger partial charge in [-0.05, 0) is 30.3 Å². The summed E-state index contributed by atoms with van der Waals surface area (Å²) in [6.45, 7) is 0. The minimum atomic E-state index is -3.60. The number of benzene rings is 2. The molecule has 0 heterocycles. The molecule has 0 spiro atoms. The standard InChI is InChI=1S/C14H14FN3O2S/c1-21(19,20)18-14(16-12-7-3-2-4-8-12)17-13-9-5-6-11(15)10-13/h2-10H,1H3,(H2,16,17,18). The Kier molecular flexibility index (Phi) is 4.54. The number of hydrogen-bond donors (Lipinski definition) is 2. The van der Waals surface area contributed by atoms with Crippen molar-refractivity contribution in [3.8, 4) is 0 Å². The molecule has 0 aliphatic heterocycles. The van der Waals surface area contributed by atoms with Crippen LogP contribution in [0, 0.1) is 5.82 Å². The average molecular weight is 307 g/mol. The third-order valence-electron chi connectivity index (χ3n) is 2.38. The van der Waals surface area contributed by atoms with Gasteiger partial charge in [-0.25, -0.2) is 12.8 Å². The lowest BCUT2D eigenvalue weighted by molar-refractivity contribution is 0.603. The highest BCUT2D eigenvalue weighted by atomic mass is 32.2. The van der Waals surface area contributed by atoms with E-state index in [9.17, 15) is 12.8 Å². The predicted octanol–water partition coefficient (Wildman–Crippen LogP) is 2.67. The molecule has 0 fully saturated rings. The Morgan fingerprint density at radius 1 is 1.00 bits per heavy atom. The van der Waals surface area contributed by atoms with Crippen LogP contribution in [0.1, 0.15) is 0 Å². The Labute approximate surface area is 122 Å². The Balaban J connectivity index is 2.27. The van der Waals surface area contributed by atoms with Gasteiger partial charge in [-0.15, -0.1) is 4.40 Å². The molecule has 21 heavy (non-hydrogen) atoms. The minimum absolute atomic E-state index is 0.00528. The van der Waals surface area contributed by atoms with Crippen molar-refractivity contribution in [1.29, 1.82) is 0 Å². The highest BCUT2D eigenvalue weighted by Crippen LogP contribution is 2.11. The van der Waals surface area contributed by atoms with E-state index in [1.54, 1.807) is 30.3 Å². The first-order valence-corrected chi connectivity index (χ1v) is 7.92. The van der Waals surface area contributed by atoms with E-state index < -0.39 is 15.8 Å². The number of hydrogen-bond acceptors (Lipinski definition) is 2. The van der Waals surface area contributed by atoms with E-state index in [4.69, 9.17) is 0 Å². The van der Waals surface area contributed by atoms with E-state index in [2.05, 4.69) is 15.0 Å². The maximum Gasteiger partial charge on any atom is 0.253 e. The molecule has 7 heteroatoms. The lowest BCUT2D eigenvalue weighted by Crippen LogP contribution is -2.23. The van der Waals surface area contributed by atoms with Crippen molar-refractivity contribution in [1.82, 2.24) is 0 Å². The van der Waals surface area contributed by atoms with Gasteiger partial charge >= 0.3 is 0 Å². The maximum absolute atomic E-state index is 13.2. The molecular formula is C14H14FN3O2S. The Morgan fingerprint density at radius 3 is 2.24 bits per heavy atom. The van der Waals surface area contributed by atoms with Crippen molar-refractivity contribution in [3.63, 3.8) is 0 Å². The van der Waals surface area contributed by atoms with E-state index in [0.29, 0.717) is 11.4 Å². The summed E-state index contributed by atoms with van der Waals surface area (Å²) in [7, 11) is -3.60. The molecule has 0 saturated heterocycles. The van der Waals surface area contributed by atoms with Gasteiger partial charge in [0.05, 0.1) is 6.26 Å². The number of anilines is 2. The van der Waals surface area contributed by atoms with Gasteiger partial charge in [-0.3, -0.25) is 0 Å². The van der Waals surface area contributed by atoms with Crippen molar-refractivity contribution >= 4 is 27.4 Å². The van der Waals surface area contributed by atoms with Crippen LogP contribution in [0.2, 0.25) is 0 Å². The van der Waals surface area contributed by atoms with Crippen LogP contribution in [0.4, 0.5) is 15.8 Å². The topological polar surface area (TPSA) is 70.6 Å². The summed E-state index contributed by atoms with van der Waals surface area (Å²) in [5.74, 6) is -0.437. The smallest absolute Gasteiger partial charge is 0.253 e. The van der Waals surface area contributed by atoms with Crippen LogP contribution in [0.3, 0.4) is 0 Å². The molecule has 0 amide bonds. The van der Waals surface area contributed by atoms with Gasteiger partial charge in [0, 0.05) is 11.4 Å². The molecule has 2 aromatic rings. The van der Waals surface area contributed by atoms with Crippen molar-refractivity contribution in [3.05, 3.63) is 60.4 Å². The first-order valence-electron chi connectivity index (χ1n) is 6.07. The van der Waals surface area contributed by atoms with E-state index in [0.717, 1.165) is 6.26 Å². The highest BCUT2D eigenvalue weighted by molar-refractivity contribution is 7.89. The van der Waals surface area contributed by atoms with Gasteiger partial charge in [0.1, 0.15) is 5.82 Å². The molecule has 0 saturated carbocycles. The molecule has 0 aliphatic carbocycles. The largest absolute Gasteiger partial charge is 0.325 e. The van der Waals surface area contributed by atoms with Crippen molar-refractivity contribution in [2.24, 2.45) is 4.40 Å². The summed E-state index contributed by atoms with van der Waals surface area (Å²) < 4.78 is 39.4. The predicted molar refractivity (Wildman–Crippen MR) is 82.4 cm³/mol. The second kappa shape index (κ2) is 6.36. The van der Waals surface area contributed by atoms with Crippen LogP contribution in [-0.4, -0.2) is 20.6 Å². The highest BCUT2D eigenvalue weighted by Gasteiger charge is 2.06. The summed E-state index contributed by atoms with van der Waals surface area (Å²) in [5.41, 5.74) is 1.05. The zero-order chi connectivity index (χ0) is 15.3. The molecule has 2 N–H and O–H groups in total. The van der Waals surface area contributed by atoms with Crippen LogP contribution in [0.15, 0.2) is 59.0 Å². The first kappa shape index (κ1) is 15.0. The summed E-state index contributed by atoms with van der Waals surface area (Å²) in [6.07, 6.45) is 0.979. The maximum atomic E-state index is 13.2. The average Bonchev–Trinajstić information content (AvgIpc) is 2.37. The molecule has 0 bridgehead atoms. The van der Waals surface area contributed by atoms with E-state index in [-0.39, 0.29) is 5.96 Å². The molecule has 0 unspecified atom stereocenters. The normalized spacial score (nSPS) is 12.0. The first-order chi connectivity index (χ1) is 9.92. The van der Waals surface area contributed by atoms with Crippen LogP contribution in [0.25, 0.3) is 0 Å². The van der Waals surface area contributed by atoms with Gasteiger partial charge in [0.25, 0.3) is 10.0 Å². The number of rotatable bonds is 3. The second-order valence-corrected chi connectivity index (χ2v) is 5.95. The van der Waals surface area contributed by atoms with Crippen LogP contribution in [-0.2, 0) is 10.0 Å². The summed E-state index contributed by atoms with van der Waals surface area (Å²) >= 11 is 0. The van der Waals surface area contributed by atoms with Gasteiger partial charge in [0.15, 0.2) is 0 Å². The summed E-state index contributed by atoms with van der Waals surface area (Å²) in [6, 6.07) is 14.6. The molecular weight excluding hydrogens is 293 g/mol. The zero-order valence-electron chi connectivity index (χ0n) is 11.2. The number of nitrogens with one attached hydrogen (secondary N) is 2. The number of guanidine groups is 1. The fraction of sp³-hybridized carbons (Fsp3) is 0.0714. The van der Waals surface area contributed by atoms with Crippen LogP contribution in [0.5, 0.6) is 0 Å². The zero-order valence-corrected chi connectivity index (χ0v) is 12.1. The molecule has 110 valence electrons. The van der Waals surface area contributed by atoms with E-state index in [1.807, 2.05) is 6.07 Å². The Bertz CT molecular complexity index is 746. The molecule has 5 nitrogen and oxygen atoms in total. The van der Waals surface area contributed by atoms with E-state index in [1.165, 1.54) is 18.2 Å². The fourth-order valence-corrected chi connectivity index (χ4v) is 2.03. The lowest BCUT2D eigenvalue weighted by atomic mass is 10.3. The van der Waals surface area contributed by atoms with Crippen molar-refractivity contribution in [2.75, 3.05) is 16.9 Å². The number of nitrogens with zero attached hydrogens (tertiary/aromatic N) is 1. The van der Waals surface area contributed by atoms with Gasteiger partial charge < -0.3 is 10.6 Å². The minimum Gasteiger partial charge on any atom is -0.325 e. The molecule has 2 rings (SSSR count). The molecule has 2 aromatic carbocycles. The molecule has 0 radical (unpaired) electrons. The molecule has 0 aromatic heterocycles. The van der Waals surface area contributed by atoms with Gasteiger partial charge in [-0.2, -0.15) is 0 Å². The third-order valence-corrected chi connectivity index (χ3v) is 2.90. The Hall–Kier alpha value is -2.41. The van der Waals surface area contributed by atoms with Gasteiger partial charge in [-0.1, -0.05) is 24.3 Å². The number of halogens is 1. The third kappa shape index (κ3) is 5.23. The molecule has 0 aliphatic rings. The summed E-state index contributed by atoms with van der Waals surface area (Å²) in [5, 5.41) is 5.59. The van der Waals surface area contributed by atoms with Crippen LogP contribution >= 0.6 is 0 Å². The van der Waals surface area contributed by atoms with Crippen molar-refractivity contribution < 1.29 is 12.8 Å². The molecule has 0 atom stereocenters. The van der Waals surface area contributed by atoms with Crippen molar-refractivity contribution in [2.45, 2.75) is 0 Å². The fourth-order valence-electron chi connectivity index (χ4n) is 1.60. The second-order valence-electron chi connectivity index (χ2n) is 4.30. The van der Waals surface area contributed by atoms with Gasteiger partial charge in [0.2, 0.25) is 5.96 Å². The quantitative estimate of drug-likeness (QED) is 0.675. The van der Waals surface area contributed by atoms with Crippen LogP contribution < -0.4 is 10.6 Å². The Morgan fingerprint density at radius 2 is 1.62 bits per heavy atom.